The van der Waals surface area contributed by atoms with E-state index in [9.17, 15) is 4.79 Å². The van der Waals surface area contributed by atoms with Crippen LogP contribution in [-0.2, 0) is 18.3 Å². The third kappa shape index (κ3) is 2.81. The Morgan fingerprint density at radius 3 is 2.60 bits per heavy atom. The fourth-order valence-corrected chi connectivity index (χ4v) is 2.18. The Bertz CT molecular complexity index is 372. The van der Waals surface area contributed by atoms with Gasteiger partial charge in [0.05, 0.1) is 12.1 Å². The molecule has 0 aliphatic rings. The summed E-state index contributed by atoms with van der Waals surface area (Å²) in [5.41, 5.74) is 0.945. The van der Waals surface area contributed by atoms with Crippen LogP contribution in [0.3, 0.4) is 0 Å². The van der Waals surface area contributed by atoms with Gasteiger partial charge in [-0.3, -0.25) is 4.79 Å². The van der Waals surface area contributed by atoms with E-state index in [0.29, 0.717) is 12.3 Å². The quantitative estimate of drug-likeness (QED) is 0.917. The molecule has 4 nitrogen and oxygen atoms in total. The molecule has 0 spiro atoms. The van der Waals surface area contributed by atoms with E-state index in [-0.39, 0.29) is 6.42 Å². The van der Waals surface area contributed by atoms with Crippen LogP contribution in [0.15, 0.2) is 4.60 Å². The molecule has 1 rings (SSSR count). The maximum absolute atomic E-state index is 10.5. The third-order valence-electron chi connectivity index (χ3n) is 2.29. The van der Waals surface area contributed by atoms with E-state index in [1.807, 2.05) is 11.6 Å². The highest BCUT2D eigenvalue weighted by molar-refractivity contribution is 9.10. The van der Waals surface area contributed by atoms with Crippen LogP contribution in [0, 0.1) is 0 Å². The van der Waals surface area contributed by atoms with Crippen molar-refractivity contribution in [2.24, 2.45) is 7.05 Å². The molecule has 0 unspecified atom stereocenters. The van der Waals surface area contributed by atoms with Gasteiger partial charge in [0.1, 0.15) is 10.4 Å². The monoisotopic (exact) mass is 274 g/mol. The Morgan fingerprint density at radius 2 is 2.20 bits per heavy atom. The first-order chi connectivity index (χ1) is 6.93. The van der Waals surface area contributed by atoms with Crippen LogP contribution >= 0.6 is 15.9 Å². The van der Waals surface area contributed by atoms with E-state index in [0.717, 1.165) is 16.1 Å². The maximum atomic E-state index is 10.5. The lowest BCUT2D eigenvalue weighted by atomic mass is 10.2. The number of hydrogen-bond donors (Lipinski definition) is 1. The van der Waals surface area contributed by atoms with Gasteiger partial charge in [0.15, 0.2) is 0 Å². The van der Waals surface area contributed by atoms with Crippen LogP contribution in [0.1, 0.15) is 37.7 Å². The summed E-state index contributed by atoms with van der Waals surface area (Å²) < 4.78 is 2.73. The van der Waals surface area contributed by atoms with Crippen molar-refractivity contribution < 1.29 is 9.90 Å². The van der Waals surface area contributed by atoms with Gasteiger partial charge in [0, 0.05) is 19.4 Å². The number of carboxylic acid groups (broad SMARTS) is 1. The lowest BCUT2D eigenvalue weighted by Crippen LogP contribution is -2.06. The fourth-order valence-electron chi connectivity index (χ4n) is 1.53. The number of imidazole rings is 1. The molecule has 0 aromatic carbocycles. The van der Waals surface area contributed by atoms with Crippen LogP contribution in [0.5, 0.6) is 0 Å². The molecule has 1 aromatic rings. The lowest BCUT2D eigenvalue weighted by molar-refractivity contribution is -0.136. The topological polar surface area (TPSA) is 55.1 Å². The molecule has 1 N–H and O–H groups in total. The van der Waals surface area contributed by atoms with Gasteiger partial charge < -0.3 is 9.67 Å². The summed E-state index contributed by atoms with van der Waals surface area (Å²) >= 11 is 3.36. The maximum Gasteiger partial charge on any atom is 0.303 e. The van der Waals surface area contributed by atoms with E-state index in [4.69, 9.17) is 5.11 Å². The summed E-state index contributed by atoms with van der Waals surface area (Å²) in [6.45, 7) is 4.13. The molecule has 1 heterocycles. The Morgan fingerprint density at radius 1 is 1.60 bits per heavy atom. The first-order valence-electron chi connectivity index (χ1n) is 4.86. The number of aromatic nitrogens is 2. The second-order valence-corrected chi connectivity index (χ2v) is 4.57. The van der Waals surface area contributed by atoms with E-state index >= 15 is 0 Å². The number of aliphatic carboxylic acids is 1. The molecule has 84 valence electrons. The summed E-state index contributed by atoms with van der Waals surface area (Å²) in [6, 6.07) is 0. The Hall–Kier alpha value is -0.840. The minimum Gasteiger partial charge on any atom is -0.481 e. The van der Waals surface area contributed by atoms with Gasteiger partial charge in [-0.05, 0) is 15.9 Å². The van der Waals surface area contributed by atoms with E-state index < -0.39 is 5.97 Å². The number of carbonyl (C=O) groups is 1. The predicted molar refractivity (Wildman–Crippen MR) is 61.0 cm³/mol. The zero-order chi connectivity index (χ0) is 11.6. The van der Waals surface area contributed by atoms with Gasteiger partial charge in [-0.25, -0.2) is 4.98 Å². The van der Waals surface area contributed by atoms with Gasteiger partial charge in [-0.1, -0.05) is 13.8 Å². The molecule has 0 radical (unpaired) electrons. The average molecular weight is 275 g/mol. The minimum absolute atomic E-state index is 0.135. The van der Waals surface area contributed by atoms with Crippen LogP contribution in [0.25, 0.3) is 0 Å². The zero-order valence-electron chi connectivity index (χ0n) is 9.12. The van der Waals surface area contributed by atoms with Gasteiger partial charge in [0.25, 0.3) is 0 Å². The van der Waals surface area contributed by atoms with E-state index in [2.05, 4.69) is 34.8 Å². The molecule has 15 heavy (non-hydrogen) atoms. The van der Waals surface area contributed by atoms with E-state index in [1.165, 1.54) is 0 Å². The van der Waals surface area contributed by atoms with Gasteiger partial charge in [0.2, 0.25) is 0 Å². The molecule has 5 heteroatoms. The highest BCUT2D eigenvalue weighted by atomic mass is 79.9. The Labute approximate surface area is 97.4 Å². The highest BCUT2D eigenvalue weighted by Crippen LogP contribution is 2.22. The SMILES string of the molecule is CC(C)c1nc(Br)c(CCC(=O)O)n1C. The standard InChI is InChI=1S/C10H15BrN2O2/c1-6(2)10-12-9(11)7(13(10)3)4-5-8(14)15/h6H,4-5H2,1-3H3,(H,14,15). The van der Waals surface area contributed by atoms with Crippen molar-refractivity contribution in [3.63, 3.8) is 0 Å². The fraction of sp³-hybridized carbons (Fsp3) is 0.600. The number of rotatable bonds is 4. The lowest BCUT2D eigenvalue weighted by Gasteiger charge is -2.07. The van der Waals surface area contributed by atoms with Crippen molar-refractivity contribution in [2.75, 3.05) is 0 Å². The van der Waals surface area contributed by atoms with Crippen molar-refractivity contribution in [2.45, 2.75) is 32.6 Å². The van der Waals surface area contributed by atoms with Crippen LogP contribution in [0.4, 0.5) is 0 Å². The number of carboxylic acids is 1. The van der Waals surface area contributed by atoms with Crippen molar-refractivity contribution in [3.8, 4) is 0 Å². The van der Waals surface area contributed by atoms with Crippen molar-refractivity contribution in [3.05, 3.63) is 16.1 Å². The number of hydrogen-bond acceptors (Lipinski definition) is 2. The molecular formula is C10H15BrN2O2. The predicted octanol–water partition coefficient (Wildman–Crippen LogP) is 2.32. The molecule has 0 amide bonds. The van der Waals surface area contributed by atoms with Gasteiger partial charge >= 0.3 is 5.97 Å². The van der Waals surface area contributed by atoms with Gasteiger partial charge in [-0.2, -0.15) is 0 Å². The molecule has 1 aromatic heterocycles. The molecule has 0 saturated heterocycles. The van der Waals surface area contributed by atoms with Gasteiger partial charge in [-0.15, -0.1) is 0 Å². The average Bonchev–Trinajstić information content (AvgIpc) is 2.39. The molecule has 0 saturated carbocycles. The molecular weight excluding hydrogens is 260 g/mol. The molecule has 0 aliphatic carbocycles. The normalized spacial score (nSPS) is 11.0. The molecule has 0 atom stereocenters. The highest BCUT2D eigenvalue weighted by Gasteiger charge is 2.15. The summed E-state index contributed by atoms with van der Waals surface area (Å²) in [7, 11) is 1.92. The second kappa shape index (κ2) is 4.79. The smallest absolute Gasteiger partial charge is 0.303 e. The van der Waals surface area contributed by atoms with Crippen LogP contribution < -0.4 is 0 Å². The minimum atomic E-state index is -0.783. The second-order valence-electron chi connectivity index (χ2n) is 3.81. The van der Waals surface area contributed by atoms with Crippen molar-refractivity contribution in [1.82, 2.24) is 9.55 Å². The van der Waals surface area contributed by atoms with Crippen LogP contribution in [-0.4, -0.2) is 20.6 Å². The molecule has 0 aliphatic heterocycles. The Balaban J connectivity index is 2.92. The molecule has 0 fully saturated rings. The first-order valence-corrected chi connectivity index (χ1v) is 5.65. The molecule has 0 bridgehead atoms. The zero-order valence-corrected chi connectivity index (χ0v) is 10.7. The van der Waals surface area contributed by atoms with Crippen molar-refractivity contribution >= 4 is 21.9 Å². The summed E-state index contributed by atoms with van der Waals surface area (Å²) in [6.07, 6.45) is 0.641. The summed E-state index contributed by atoms with van der Waals surface area (Å²) in [5, 5.41) is 8.63. The summed E-state index contributed by atoms with van der Waals surface area (Å²) in [4.78, 5) is 14.9. The van der Waals surface area contributed by atoms with Crippen LogP contribution in [0.2, 0.25) is 0 Å². The van der Waals surface area contributed by atoms with Crippen molar-refractivity contribution in [1.29, 1.82) is 0 Å². The van der Waals surface area contributed by atoms with E-state index in [1.54, 1.807) is 0 Å². The summed E-state index contributed by atoms with van der Waals surface area (Å²) in [5.74, 6) is 0.529. The Kier molecular flexibility index (Phi) is 3.90. The largest absolute Gasteiger partial charge is 0.481 e. The third-order valence-corrected chi connectivity index (χ3v) is 2.93. The number of halogens is 1. The first kappa shape index (κ1) is 12.2. The number of nitrogens with zero attached hydrogens (tertiary/aromatic N) is 2.